The lowest BCUT2D eigenvalue weighted by atomic mass is 10.1. The van der Waals surface area contributed by atoms with Gasteiger partial charge < -0.3 is 10.1 Å². The zero-order chi connectivity index (χ0) is 19.7. The lowest BCUT2D eigenvalue weighted by Gasteiger charge is -2.13. The summed E-state index contributed by atoms with van der Waals surface area (Å²) in [6.45, 7) is -1.12. The SMILES string of the molecule is O=C(COC(=O)CN1C(=O)c2ccccc2C1=O)Nc1cccc2nsnc12. The monoisotopic (exact) mass is 396 g/mol. The number of carbonyl (C=O) groups excluding carboxylic acids is 4. The fourth-order valence-corrected chi connectivity index (χ4v) is 3.35. The van der Waals surface area contributed by atoms with Gasteiger partial charge in [-0.25, -0.2) is 0 Å². The molecule has 4 rings (SSSR count). The van der Waals surface area contributed by atoms with Crippen molar-refractivity contribution in [3.05, 3.63) is 53.6 Å². The minimum absolute atomic E-state index is 0.239. The van der Waals surface area contributed by atoms with Gasteiger partial charge in [0.25, 0.3) is 17.7 Å². The minimum atomic E-state index is -0.863. The van der Waals surface area contributed by atoms with Gasteiger partial charge in [0.2, 0.25) is 0 Å². The Bertz CT molecular complexity index is 1090. The molecule has 0 saturated carbocycles. The number of hydrogen-bond acceptors (Lipinski definition) is 8. The molecule has 0 atom stereocenters. The topological polar surface area (TPSA) is 119 Å². The molecule has 0 saturated heterocycles. The second-order valence-electron chi connectivity index (χ2n) is 5.89. The van der Waals surface area contributed by atoms with Crippen LogP contribution in [0.3, 0.4) is 0 Å². The number of ether oxygens (including phenoxy) is 1. The number of hydrogen-bond donors (Lipinski definition) is 1. The summed E-state index contributed by atoms with van der Waals surface area (Å²) in [5, 5.41) is 2.59. The molecule has 1 N–H and O–H groups in total. The molecular weight excluding hydrogens is 384 g/mol. The fraction of sp³-hybridized carbons (Fsp3) is 0.111. The molecule has 9 nitrogen and oxygen atoms in total. The maximum Gasteiger partial charge on any atom is 0.326 e. The maximum atomic E-state index is 12.2. The van der Waals surface area contributed by atoms with Gasteiger partial charge in [0.15, 0.2) is 6.61 Å². The molecular formula is C18H12N4O5S. The standard InChI is InChI=1S/C18H12N4O5S/c23-14(19-12-6-3-7-13-16(12)21-28-20-13)9-27-15(24)8-22-17(25)10-4-1-2-5-11(10)18(22)26/h1-7H,8-9H2,(H,19,23). The third-order valence-corrected chi connectivity index (χ3v) is 4.63. The van der Waals surface area contributed by atoms with E-state index in [1.54, 1.807) is 30.3 Å². The molecule has 0 radical (unpaired) electrons. The van der Waals surface area contributed by atoms with E-state index in [2.05, 4.69) is 14.1 Å². The van der Waals surface area contributed by atoms with Crippen molar-refractivity contribution in [2.45, 2.75) is 0 Å². The summed E-state index contributed by atoms with van der Waals surface area (Å²) in [5.74, 6) is -2.57. The van der Waals surface area contributed by atoms with Crippen molar-refractivity contribution in [1.82, 2.24) is 13.6 Å². The molecule has 0 spiro atoms. The highest BCUT2D eigenvalue weighted by atomic mass is 32.1. The summed E-state index contributed by atoms with van der Waals surface area (Å²) >= 11 is 1.02. The van der Waals surface area contributed by atoms with Crippen molar-refractivity contribution >= 4 is 52.1 Å². The molecule has 140 valence electrons. The van der Waals surface area contributed by atoms with Gasteiger partial charge in [0.1, 0.15) is 17.6 Å². The molecule has 2 aromatic carbocycles. The lowest BCUT2D eigenvalue weighted by Crippen LogP contribution is -2.36. The van der Waals surface area contributed by atoms with Gasteiger partial charge in [-0.1, -0.05) is 18.2 Å². The van der Waals surface area contributed by atoms with Crippen molar-refractivity contribution < 1.29 is 23.9 Å². The summed E-state index contributed by atoms with van der Waals surface area (Å²) in [7, 11) is 0. The molecule has 28 heavy (non-hydrogen) atoms. The van der Waals surface area contributed by atoms with Gasteiger partial charge in [-0.2, -0.15) is 8.75 Å². The molecule has 1 aromatic heterocycles. The predicted octanol–water partition coefficient (Wildman–Crippen LogP) is 1.47. The Hall–Kier alpha value is -3.66. The van der Waals surface area contributed by atoms with Crippen LogP contribution < -0.4 is 5.32 Å². The number of esters is 1. The van der Waals surface area contributed by atoms with Crippen LogP contribution in [0.15, 0.2) is 42.5 Å². The van der Waals surface area contributed by atoms with Crippen LogP contribution in [0, 0.1) is 0 Å². The molecule has 10 heteroatoms. The zero-order valence-electron chi connectivity index (χ0n) is 14.2. The van der Waals surface area contributed by atoms with Crippen LogP contribution in [0.25, 0.3) is 11.0 Å². The van der Waals surface area contributed by atoms with Crippen molar-refractivity contribution in [3.8, 4) is 0 Å². The fourth-order valence-electron chi connectivity index (χ4n) is 2.80. The highest BCUT2D eigenvalue weighted by Crippen LogP contribution is 2.22. The van der Waals surface area contributed by atoms with Gasteiger partial charge in [0, 0.05) is 0 Å². The average Bonchev–Trinajstić information content (AvgIpc) is 3.27. The van der Waals surface area contributed by atoms with E-state index in [1.807, 2.05) is 0 Å². The van der Waals surface area contributed by atoms with Crippen LogP contribution in [-0.4, -0.2) is 50.5 Å². The molecule has 3 amide bonds. The molecule has 1 aliphatic rings. The van der Waals surface area contributed by atoms with Gasteiger partial charge >= 0.3 is 5.97 Å². The number of benzene rings is 2. The number of nitrogens with zero attached hydrogens (tertiary/aromatic N) is 3. The van der Waals surface area contributed by atoms with E-state index >= 15 is 0 Å². The van der Waals surface area contributed by atoms with E-state index in [-0.39, 0.29) is 11.1 Å². The van der Waals surface area contributed by atoms with Crippen LogP contribution >= 0.6 is 11.7 Å². The first-order valence-electron chi connectivity index (χ1n) is 8.16. The Labute approximate surface area is 162 Å². The van der Waals surface area contributed by atoms with E-state index in [1.165, 1.54) is 12.1 Å². The quantitative estimate of drug-likeness (QED) is 0.512. The van der Waals surface area contributed by atoms with Gasteiger partial charge in [-0.3, -0.25) is 24.1 Å². The number of fused-ring (bicyclic) bond motifs is 2. The maximum absolute atomic E-state index is 12.2. The van der Waals surface area contributed by atoms with Gasteiger partial charge in [-0.05, 0) is 24.3 Å². The van der Waals surface area contributed by atoms with E-state index in [0.717, 1.165) is 16.6 Å². The van der Waals surface area contributed by atoms with Gasteiger partial charge in [0.05, 0.1) is 28.5 Å². The molecule has 3 aromatic rings. The third kappa shape index (κ3) is 3.21. The summed E-state index contributed by atoms with van der Waals surface area (Å²) in [6.07, 6.45) is 0. The predicted molar refractivity (Wildman–Crippen MR) is 98.8 cm³/mol. The number of aromatic nitrogens is 2. The Morgan fingerprint density at radius 2 is 1.71 bits per heavy atom. The molecule has 0 fully saturated rings. The first kappa shape index (κ1) is 17.7. The van der Waals surface area contributed by atoms with Crippen LogP contribution in [0.4, 0.5) is 5.69 Å². The summed E-state index contributed by atoms with van der Waals surface area (Å²) in [6, 6.07) is 11.4. The van der Waals surface area contributed by atoms with Crippen molar-refractivity contribution in [2.24, 2.45) is 0 Å². The number of anilines is 1. The van der Waals surface area contributed by atoms with Crippen LogP contribution in [0.1, 0.15) is 20.7 Å². The summed E-state index contributed by atoms with van der Waals surface area (Å²) < 4.78 is 13.1. The third-order valence-electron chi connectivity index (χ3n) is 4.09. The van der Waals surface area contributed by atoms with Crippen LogP contribution in [0.2, 0.25) is 0 Å². The Kier molecular flexibility index (Phi) is 4.53. The highest BCUT2D eigenvalue weighted by molar-refractivity contribution is 7.00. The van der Waals surface area contributed by atoms with E-state index in [0.29, 0.717) is 16.7 Å². The number of rotatable bonds is 5. The minimum Gasteiger partial charge on any atom is -0.454 e. The second kappa shape index (κ2) is 7.16. The largest absolute Gasteiger partial charge is 0.454 e. The summed E-state index contributed by atoms with van der Waals surface area (Å²) in [4.78, 5) is 49.3. The molecule has 2 heterocycles. The van der Waals surface area contributed by atoms with E-state index in [4.69, 9.17) is 4.74 Å². The molecule has 0 bridgehead atoms. The van der Waals surface area contributed by atoms with Crippen molar-refractivity contribution in [3.63, 3.8) is 0 Å². The summed E-state index contributed by atoms with van der Waals surface area (Å²) in [5.41, 5.74) is 2.11. The lowest BCUT2D eigenvalue weighted by molar-refractivity contribution is -0.147. The number of imide groups is 1. The Morgan fingerprint density at radius 1 is 1.00 bits per heavy atom. The number of amides is 3. The molecule has 1 aliphatic heterocycles. The second-order valence-corrected chi connectivity index (χ2v) is 6.42. The zero-order valence-corrected chi connectivity index (χ0v) is 15.1. The van der Waals surface area contributed by atoms with Gasteiger partial charge in [-0.15, -0.1) is 0 Å². The van der Waals surface area contributed by atoms with Crippen LogP contribution in [0.5, 0.6) is 0 Å². The molecule has 0 aliphatic carbocycles. The van der Waals surface area contributed by atoms with E-state index in [9.17, 15) is 19.2 Å². The number of nitrogens with one attached hydrogen (secondary N) is 1. The Balaban J connectivity index is 1.34. The highest BCUT2D eigenvalue weighted by Gasteiger charge is 2.36. The van der Waals surface area contributed by atoms with Crippen LogP contribution in [-0.2, 0) is 14.3 Å². The smallest absolute Gasteiger partial charge is 0.326 e. The van der Waals surface area contributed by atoms with Crippen molar-refractivity contribution in [1.29, 1.82) is 0 Å². The Morgan fingerprint density at radius 3 is 2.43 bits per heavy atom. The average molecular weight is 396 g/mol. The number of carbonyl (C=O) groups is 4. The van der Waals surface area contributed by atoms with E-state index < -0.39 is 36.8 Å². The first-order chi connectivity index (χ1) is 13.5. The van der Waals surface area contributed by atoms with Crippen molar-refractivity contribution in [2.75, 3.05) is 18.5 Å². The molecule has 0 unspecified atom stereocenters. The normalized spacial score (nSPS) is 12.9. The first-order valence-corrected chi connectivity index (χ1v) is 8.89.